The molecule has 0 radical (unpaired) electrons. The van der Waals surface area contributed by atoms with Gasteiger partial charge in [0.15, 0.2) is 0 Å². The third-order valence-electron chi connectivity index (χ3n) is 3.93. The van der Waals surface area contributed by atoms with Crippen molar-refractivity contribution < 1.29 is 0 Å². The molecule has 1 aliphatic carbocycles. The van der Waals surface area contributed by atoms with Crippen LogP contribution in [0.2, 0.25) is 0 Å². The molecule has 0 N–H and O–H groups in total. The smallest absolute Gasteiger partial charge is 0.0159 e. The van der Waals surface area contributed by atoms with Gasteiger partial charge in [0.25, 0.3) is 0 Å². The SMILES string of the molecule is CC.CC(C)(C)C1CCC(c2ccccc2)C1. The molecular weight excluding hydrogens is 204 g/mol. The van der Waals surface area contributed by atoms with E-state index in [2.05, 4.69) is 51.1 Å². The maximum atomic E-state index is 2.38. The van der Waals surface area contributed by atoms with Crippen molar-refractivity contribution in [3.8, 4) is 0 Å². The second kappa shape index (κ2) is 6.23. The molecule has 0 spiro atoms. The van der Waals surface area contributed by atoms with E-state index >= 15 is 0 Å². The van der Waals surface area contributed by atoms with E-state index in [1.165, 1.54) is 19.3 Å². The average molecular weight is 232 g/mol. The third kappa shape index (κ3) is 3.87. The van der Waals surface area contributed by atoms with Gasteiger partial charge in [0.2, 0.25) is 0 Å². The molecule has 1 aromatic rings. The first kappa shape index (κ1) is 14.3. The maximum absolute atomic E-state index is 2.38. The summed E-state index contributed by atoms with van der Waals surface area (Å²) in [6, 6.07) is 11.0. The van der Waals surface area contributed by atoms with Crippen molar-refractivity contribution in [1.29, 1.82) is 0 Å². The molecule has 1 aliphatic rings. The van der Waals surface area contributed by atoms with Gasteiger partial charge in [0.1, 0.15) is 0 Å². The Labute approximate surface area is 107 Å². The van der Waals surface area contributed by atoms with Crippen molar-refractivity contribution in [2.75, 3.05) is 0 Å². The highest BCUT2D eigenvalue weighted by Gasteiger charge is 2.33. The largest absolute Gasteiger partial charge is 0.0683 e. The zero-order valence-electron chi connectivity index (χ0n) is 12.2. The normalized spacial score (nSPS) is 24.1. The van der Waals surface area contributed by atoms with Gasteiger partial charge >= 0.3 is 0 Å². The van der Waals surface area contributed by atoms with Gasteiger partial charge in [-0.3, -0.25) is 0 Å². The van der Waals surface area contributed by atoms with Crippen LogP contribution in [0.3, 0.4) is 0 Å². The van der Waals surface area contributed by atoms with Gasteiger partial charge in [0.05, 0.1) is 0 Å². The predicted molar refractivity (Wildman–Crippen MR) is 77.3 cm³/mol. The van der Waals surface area contributed by atoms with Crippen molar-refractivity contribution in [3.05, 3.63) is 35.9 Å². The van der Waals surface area contributed by atoms with E-state index in [9.17, 15) is 0 Å². The minimum atomic E-state index is 0.490. The van der Waals surface area contributed by atoms with Crippen LogP contribution in [0.25, 0.3) is 0 Å². The van der Waals surface area contributed by atoms with Crippen LogP contribution in [0.5, 0.6) is 0 Å². The molecule has 0 bridgehead atoms. The van der Waals surface area contributed by atoms with Crippen LogP contribution in [0, 0.1) is 11.3 Å². The summed E-state index contributed by atoms with van der Waals surface area (Å²) >= 11 is 0. The van der Waals surface area contributed by atoms with Gasteiger partial charge in [-0.1, -0.05) is 65.0 Å². The van der Waals surface area contributed by atoms with Crippen molar-refractivity contribution in [1.82, 2.24) is 0 Å². The molecule has 2 unspecified atom stereocenters. The lowest BCUT2D eigenvalue weighted by Gasteiger charge is -2.27. The Hall–Kier alpha value is -0.780. The van der Waals surface area contributed by atoms with Gasteiger partial charge in [-0.2, -0.15) is 0 Å². The molecule has 0 aromatic heterocycles. The predicted octanol–water partition coefficient (Wildman–Crippen LogP) is 5.64. The van der Waals surface area contributed by atoms with Gasteiger partial charge in [-0.25, -0.2) is 0 Å². The summed E-state index contributed by atoms with van der Waals surface area (Å²) in [4.78, 5) is 0. The summed E-state index contributed by atoms with van der Waals surface area (Å²) in [6.45, 7) is 11.1. The highest BCUT2D eigenvalue weighted by atomic mass is 14.4. The van der Waals surface area contributed by atoms with Crippen LogP contribution in [-0.2, 0) is 0 Å². The van der Waals surface area contributed by atoms with Gasteiger partial charge < -0.3 is 0 Å². The minimum Gasteiger partial charge on any atom is -0.0683 e. The molecule has 96 valence electrons. The van der Waals surface area contributed by atoms with E-state index in [4.69, 9.17) is 0 Å². The fourth-order valence-electron chi connectivity index (χ4n) is 2.80. The molecule has 1 aromatic carbocycles. The molecule has 0 nitrogen and oxygen atoms in total. The Morgan fingerprint density at radius 2 is 1.53 bits per heavy atom. The second-order valence-electron chi connectivity index (χ2n) is 5.98. The van der Waals surface area contributed by atoms with Crippen LogP contribution in [0.15, 0.2) is 30.3 Å². The quantitative estimate of drug-likeness (QED) is 0.587. The fourth-order valence-corrected chi connectivity index (χ4v) is 2.80. The second-order valence-corrected chi connectivity index (χ2v) is 5.98. The summed E-state index contributed by atoms with van der Waals surface area (Å²) in [6.07, 6.45) is 4.17. The molecule has 2 rings (SSSR count). The first-order valence-corrected chi connectivity index (χ1v) is 7.12. The Bertz CT molecular complexity index is 305. The average Bonchev–Trinajstić information content (AvgIpc) is 2.82. The molecule has 0 aliphatic heterocycles. The monoisotopic (exact) mass is 232 g/mol. The molecule has 0 saturated heterocycles. The van der Waals surface area contributed by atoms with E-state index in [1.807, 2.05) is 13.8 Å². The molecule has 1 fully saturated rings. The maximum Gasteiger partial charge on any atom is -0.0159 e. The minimum absolute atomic E-state index is 0.490. The summed E-state index contributed by atoms with van der Waals surface area (Å²) in [5.41, 5.74) is 2.04. The first-order chi connectivity index (χ1) is 8.07. The van der Waals surface area contributed by atoms with Gasteiger partial charge in [-0.05, 0) is 42.1 Å². The Balaban J connectivity index is 0.000000686. The molecule has 0 heteroatoms. The van der Waals surface area contributed by atoms with E-state index in [-0.39, 0.29) is 0 Å². The van der Waals surface area contributed by atoms with Crippen LogP contribution < -0.4 is 0 Å². The first-order valence-electron chi connectivity index (χ1n) is 7.12. The Morgan fingerprint density at radius 3 is 2.00 bits per heavy atom. The number of hydrogen-bond acceptors (Lipinski definition) is 0. The van der Waals surface area contributed by atoms with Crippen LogP contribution in [0.4, 0.5) is 0 Å². The summed E-state index contributed by atoms with van der Waals surface area (Å²) in [5, 5.41) is 0. The Kier molecular flexibility index (Phi) is 5.24. The number of rotatable bonds is 1. The lowest BCUT2D eigenvalue weighted by Crippen LogP contribution is -2.17. The third-order valence-corrected chi connectivity index (χ3v) is 3.93. The summed E-state index contributed by atoms with van der Waals surface area (Å²) in [5.74, 6) is 1.72. The van der Waals surface area contributed by atoms with E-state index in [1.54, 1.807) is 5.56 Å². The van der Waals surface area contributed by atoms with E-state index in [0.717, 1.165) is 11.8 Å². The summed E-state index contributed by atoms with van der Waals surface area (Å²) < 4.78 is 0. The lowest BCUT2D eigenvalue weighted by molar-refractivity contribution is 0.244. The van der Waals surface area contributed by atoms with Crippen LogP contribution in [0.1, 0.15) is 65.4 Å². The van der Waals surface area contributed by atoms with Crippen molar-refractivity contribution in [2.24, 2.45) is 11.3 Å². The lowest BCUT2D eigenvalue weighted by atomic mass is 9.79. The van der Waals surface area contributed by atoms with Crippen LogP contribution >= 0.6 is 0 Å². The topological polar surface area (TPSA) is 0 Å². The summed E-state index contributed by atoms with van der Waals surface area (Å²) in [7, 11) is 0. The zero-order chi connectivity index (χ0) is 12.9. The fraction of sp³-hybridized carbons (Fsp3) is 0.647. The standard InChI is InChI=1S/C15H22.C2H6/c1-15(2,3)14-10-9-13(11-14)12-7-5-4-6-8-12;1-2/h4-8,13-14H,9-11H2,1-3H3;1-2H3. The highest BCUT2D eigenvalue weighted by molar-refractivity contribution is 5.20. The van der Waals surface area contributed by atoms with E-state index < -0.39 is 0 Å². The molecule has 0 amide bonds. The molecular formula is C17H28. The number of benzene rings is 1. The zero-order valence-corrected chi connectivity index (χ0v) is 12.2. The molecule has 1 saturated carbocycles. The highest BCUT2D eigenvalue weighted by Crippen LogP contribution is 2.45. The van der Waals surface area contributed by atoms with E-state index in [0.29, 0.717) is 5.41 Å². The molecule has 17 heavy (non-hydrogen) atoms. The molecule has 2 atom stereocenters. The van der Waals surface area contributed by atoms with Gasteiger partial charge in [0, 0.05) is 0 Å². The Morgan fingerprint density at radius 1 is 0.941 bits per heavy atom. The van der Waals surface area contributed by atoms with Crippen molar-refractivity contribution >= 4 is 0 Å². The number of hydrogen-bond donors (Lipinski definition) is 0. The van der Waals surface area contributed by atoms with Crippen molar-refractivity contribution in [3.63, 3.8) is 0 Å². The van der Waals surface area contributed by atoms with Gasteiger partial charge in [-0.15, -0.1) is 0 Å². The molecule has 0 heterocycles. The van der Waals surface area contributed by atoms with Crippen LogP contribution in [-0.4, -0.2) is 0 Å². The van der Waals surface area contributed by atoms with Crippen molar-refractivity contribution in [2.45, 2.75) is 59.8 Å².